The van der Waals surface area contributed by atoms with Crippen molar-refractivity contribution in [3.63, 3.8) is 0 Å². The number of hydrogen-bond acceptors (Lipinski definition) is 3. The van der Waals surface area contributed by atoms with Crippen LogP contribution >= 0.6 is 0 Å². The van der Waals surface area contributed by atoms with Gasteiger partial charge in [0.25, 0.3) is 0 Å². The fraction of sp³-hybridized carbons (Fsp3) is 1.00. The van der Waals surface area contributed by atoms with Crippen LogP contribution in [0.5, 0.6) is 0 Å². The van der Waals surface area contributed by atoms with E-state index in [2.05, 4.69) is 48.5 Å². The Hall–Kier alpha value is -0.120. The van der Waals surface area contributed by atoms with Crippen LogP contribution in [-0.4, -0.2) is 78.1 Å². The largest absolute Gasteiger partial charge is 0.312 e. The molecule has 0 aliphatic rings. The zero-order valence-electron chi connectivity index (χ0n) is 42.4. The van der Waals surface area contributed by atoms with Crippen LogP contribution in [0.4, 0.5) is 0 Å². The summed E-state index contributed by atoms with van der Waals surface area (Å²) in [6.07, 6.45) is 0. The molecule has 0 saturated carbocycles. The molecule has 0 atom stereocenters. The van der Waals surface area contributed by atoms with E-state index in [0.29, 0.717) is 5.41 Å². The molecule has 0 saturated heterocycles. The first-order valence-electron chi connectivity index (χ1n) is 19.8. The maximum Gasteiger partial charge on any atom is -0.0140 e. The van der Waals surface area contributed by atoms with Crippen LogP contribution in [0.25, 0.3) is 0 Å². The van der Waals surface area contributed by atoms with Crippen molar-refractivity contribution in [3.05, 3.63) is 0 Å². The molecule has 0 fully saturated rings. The molecule has 0 aromatic rings. The van der Waals surface area contributed by atoms with Crippen molar-refractivity contribution < 1.29 is 0 Å². The molecule has 3 heteroatoms. The highest BCUT2D eigenvalue weighted by Gasteiger charge is 1.95. The first-order chi connectivity index (χ1) is 20.9. The lowest BCUT2D eigenvalue weighted by molar-refractivity contribution is 0.469. The highest BCUT2D eigenvalue weighted by atomic mass is 15.0. The molecule has 304 valence electrons. The third-order valence-electron chi connectivity index (χ3n) is 0. The van der Waals surface area contributed by atoms with Crippen molar-refractivity contribution >= 4 is 0 Å². The van der Waals surface area contributed by atoms with Gasteiger partial charge in [-0.1, -0.05) is 215 Å². The molecule has 3 nitrogen and oxygen atoms in total. The minimum Gasteiger partial charge on any atom is -0.312 e. The van der Waals surface area contributed by atoms with Gasteiger partial charge in [-0.3, -0.25) is 0 Å². The van der Waals surface area contributed by atoms with E-state index >= 15 is 0 Å². The molecule has 45 heavy (non-hydrogen) atoms. The Bertz CT molecular complexity index is 107. The third kappa shape index (κ3) is 5340000. The molecule has 0 aromatic heterocycles. The second kappa shape index (κ2) is 252. The van der Waals surface area contributed by atoms with E-state index < -0.39 is 0 Å². The molecule has 0 N–H and O–H groups in total. The Labute approximate surface area is 303 Å². The van der Waals surface area contributed by atoms with Gasteiger partial charge in [0.2, 0.25) is 0 Å². The van der Waals surface area contributed by atoms with Crippen LogP contribution in [0, 0.1) is 11.3 Å². The van der Waals surface area contributed by atoms with Crippen LogP contribution in [-0.2, 0) is 0 Å². The van der Waals surface area contributed by atoms with Crippen molar-refractivity contribution in [2.45, 2.75) is 215 Å². The van der Waals surface area contributed by atoms with Gasteiger partial charge in [0.1, 0.15) is 0 Å². The maximum atomic E-state index is 2.19. The van der Waals surface area contributed by atoms with Gasteiger partial charge < -0.3 is 14.7 Å². The Morgan fingerprint density at radius 2 is 0.244 bits per heavy atom. The molecule has 0 spiro atoms. The van der Waals surface area contributed by atoms with Gasteiger partial charge in [-0.2, -0.15) is 0 Å². The van der Waals surface area contributed by atoms with Gasteiger partial charge in [-0.15, -0.1) is 0 Å². The standard InChI is InChI=1S/C5H12.C4H10.3C3H9N.12C2H6/c1-5(2,3)4;4*1-4(2)3;12*1-2/h1-4H3;4H,1-3H3;3*1-3H3;12*1-2H3. The van der Waals surface area contributed by atoms with E-state index in [4.69, 9.17) is 0 Å². The molecule has 0 bridgehead atoms. The van der Waals surface area contributed by atoms with Crippen LogP contribution in [0.15, 0.2) is 0 Å². The molecule has 0 heterocycles. The van der Waals surface area contributed by atoms with Crippen molar-refractivity contribution in [1.29, 1.82) is 0 Å². The van der Waals surface area contributed by atoms with Gasteiger partial charge in [-0.05, 0) is 74.8 Å². The molecule has 0 aliphatic heterocycles. The smallest absolute Gasteiger partial charge is 0.0140 e. The minimum atomic E-state index is 0.500. The fourth-order valence-electron chi connectivity index (χ4n) is 0. The van der Waals surface area contributed by atoms with Crippen molar-refractivity contribution in [3.8, 4) is 0 Å². The van der Waals surface area contributed by atoms with Crippen LogP contribution in [0.3, 0.4) is 0 Å². The van der Waals surface area contributed by atoms with Gasteiger partial charge in [0, 0.05) is 0 Å². The molecule has 0 amide bonds. The van der Waals surface area contributed by atoms with Crippen molar-refractivity contribution in [2.75, 3.05) is 63.4 Å². The second-order valence-corrected chi connectivity index (χ2v) is 8.76. The SMILES string of the molecule is CC.CC.CC.CC.CC.CC.CC.CC.CC.CC.CC.CC.CC(C)(C)C.CC(C)C.CN(C)C.CN(C)C.CN(C)C. The van der Waals surface area contributed by atoms with E-state index in [9.17, 15) is 0 Å². The summed E-state index contributed by atoms with van der Waals surface area (Å²) in [5, 5.41) is 0. The first-order valence-corrected chi connectivity index (χ1v) is 19.8. The Morgan fingerprint density at radius 1 is 0.244 bits per heavy atom. The molecular formula is C42H121N3. The summed E-state index contributed by atoms with van der Waals surface area (Å²) in [6, 6.07) is 0. The van der Waals surface area contributed by atoms with Gasteiger partial charge in [-0.25, -0.2) is 0 Å². The van der Waals surface area contributed by atoms with E-state index in [0.717, 1.165) is 5.92 Å². The quantitative estimate of drug-likeness (QED) is 0.254. The fourth-order valence-corrected chi connectivity index (χ4v) is 0. The summed E-state index contributed by atoms with van der Waals surface area (Å²) in [5.74, 6) is 0.833. The lowest BCUT2D eigenvalue weighted by atomic mass is 10.0. The number of nitrogens with zero attached hydrogens (tertiary/aromatic N) is 3. The summed E-state index contributed by atoms with van der Waals surface area (Å²) in [7, 11) is 18.0. The van der Waals surface area contributed by atoms with Crippen molar-refractivity contribution in [2.24, 2.45) is 11.3 Å². The summed E-state index contributed by atoms with van der Waals surface area (Å²) in [4.78, 5) is 6.00. The summed E-state index contributed by atoms with van der Waals surface area (Å²) in [6.45, 7) is 63.2. The normalized spacial score (nSPS) is 6.13. The van der Waals surface area contributed by atoms with E-state index in [1.165, 1.54) is 0 Å². The molecule has 0 radical (unpaired) electrons. The van der Waals surface area contributed by atoms with E-state index in [1.807, 2.05) is 244 Å². The van der Waals surface area contributed by atoms with Crippen LogP contribution in [0.2, 0.25) is 0 Å². The van der Waals surface area contributed by atoms with Gasteiger partial charge >= 0.3 is 0 Å². The summed E-state index contributed by atoms with van der Waals surface area (Å²) < 4.78 is 0. The van der Waals surface area contributed by atoms with Gasteiger partial charge in [0.15, 0.2) is 0 Å². The first kappa shape index (κ1) is 111. The summed E-state index contributed by atoms with van der Waals surface area (Å²) >= 11 is 0. The second-order valence-electron chi connectivity index (χ2n) is 8.76. The monoisotopic (exact) mass is 668 g/mol. The molecule has 0 unspecified atom stereocenters. The highest BCUT2D eigenvalue weighted by Crippen LogP contribution is 2.08. The molecule has 0 aromatic carbocycles. The molecule has 0 rings (SSSR count). The predicted octanol–water partition coefficient (Wildman–Crippen LogP) is 16.6. The number of rotatable bonds is 0. The predicted molar refractivity (Wildman–Crippen MR) is 241 cm³/mol. The third-order valence-corrected chi connectivity index (χ3v) is 0. The number of hydrogen-bond donors (Lipinski definition) is 0. The van der Waals surface area contributed by atoms with Crippen molar-refractivity contribution in [1.82, 2.24) is 14.7 Å². The Kier molecular flexibility index (Phi) is 623. The lowest BCUT2D eigenvalue weighted by Gasteiger charge is -2.05. The maximum absolute atomic E-state index is 2.19. The topological polar surface area (TPSA) is 9.72 Å². The summed E-state index contributed by atoms with van der Waals surface area (Å²) in [5.41, 5.74) is 0.500. The van der Waals surface area contributed by atoms with Crippen LogP contribution in [0.1, 0.15) is 215 Å². The van der Waals surface area contributed by atoms with Crippen LogP contribution < -0.4 is 0 Å². The Morgan fingerprint density at radius 3 is 0.244 bits per heavy atom. The van der Waals surface area contributed by atoms with Gasteiger partial charge in [0.05, 0.1) is 0 Å². The van der Waals surface area contributed by atoms with E-state index in [1.54, 1.807) is 0 Å². The zero-order valence-corrected chi connectivity index (χ0v) is 42.4. The average molecular weight is 668 g/mol. The zero-order chi connectivity index (χ0) is 42.8. The lowest BCUT2D eigenvalue weighted by Crippen LogP contribution is -1.99. The molecule has 0 aliphatic carbocycles. The average Bonchev–Trinajstić information content (AvgIpc) is 3.03. The Balaban J connectivity index is -0.0000000125. The highest BCUT2D eigenvalue weighted by molar-refractivity contribution is 4.47. The van der Waals surface area contributed by atoms with E-state index in [-0.39, 0.29) is 0 Å². The minimum absolute atomic E-state index is 0.500. The molecular weight excluding hydrogens is 546 g/mol.